The van der Waals surface area contributed by atoms with E-state index in [4.69, 9.17) is 34.8 Å². The number of benzene rings is 1. The first-order valence-corrected chi connectivity index (χ1v) is 6.18. The van der Waals surface area contributed by atoms with Crippen LogP contribution in [0.4, 0.5) is 10.1 Å². The molecule has 0 saturated carbocycles. The predicted octanol–water partition coefficient (Wildman–Crippen LogP) is 4.43. The van der Waals surface area contributed by atoms with Crippen LogP contribution in [0.15, 0.2) is 30.5 Å². The molecule has 1 N–H and O–H groups in total. The largest absolute Gasteiger partial charge is 0.321 e. The van der Waals surface area contributed by atoms with Crippen LogP contribution >= 0.6 is 34.8 Å². The Labute approximate surface area is 123 Å². The zero-order valence-corrected chi connectivity index (χ0v) is 11.5. The number of halogens is 4. The van der Waals surface area contributed by atoms with Crippen molar-refractivity contribution in [2.45, 2.75) is 0 Å². The van der Waals surface area contributed by atoms with Gasteiger partial charge in [0.15, 0.2) is 0 Å². The summed E-state index contributed by atoms with van der Waals surface area (Å²) in [4.78, 5) is 15.3. The Morgan fingerprint density at radius 3 is 2.42 bits per heavy atom. The highest BCUT2D eigenvalue weighted by Gasteiger charge is 2.11. The first-order chi connectivity index (χ1) is 8.97. The highest BCUT2D eigenvalue weighted by atomic mass is 35.5. The number of aromatic nitrogens is 1. The van der Waals surface area contributed by atoms with Crippen molar-refractivity contribution in [2.75, 3.05) is 5.32 Å². The van der Waals surface area contributed by atoms with E-state index >= 15 is 0 Å². The summed E-state index contributed by atoms with van der Waals surface area (Å²) in [5.74, 6) is -1.14. The summed E-state index contributed by atoms with van der Waals surface area (Å²) in [5.41, 5.74) is 0.508. The van der Waals surface area contributed by atoms with Crippen molar-refractivity contribution in [1.29, 1.82) is 0 Å². The first-order valence-electron chi connectivity index (χ1n) is 5.05. The third-order valence-corrected chi connectivity index (χ3v) is 3.28. The van der Waals surface area contributed by atoms with E-state index in [1.807, 2.05) is 0 Å². The standard InChI is InChI=1S/C12H6Cl3FN2O/c13-7-3-9(15)10(4-8(7)14)18-12(19)6-1-2-11(16)17-5-6/h1-5H,(H,18,19). The zero-order valence-electron chi connectivity index (χ0n) is 9.25. The fourth-order valence-corrected chi connectivity index (χ4v) is 1.92. The number of nitrogens with zero attached hydrogens (tertiary/aromatic N) is 1. The van der Waals surface area contributed by atoms with Crippen LogP contribution in [0.2, 0.25) is 15.1 Å². The molecule has 1 aromatic heterocycles. The molecule has 0 atom stereocenters. The molecular formula is C12H6Cl3FN2O. The molecule has 98 valence electrons. The van der Waals surface area contributed by atoms with E-state index < -0.39 is 11.9 Å². The fraction of sp³-hybridized carbons (Fsp3) is 0. The van der Waals surface area contributed by atoms with Crippen LogP contribution in [0, 0.1) is 5.95 Å². The number of hydrogen-bond acceptors (Lipinski definition) is 2. The van der Waals surface area contributed by atoms with Crippen molar-refractivity contribution in [3.8, 4) is 0 Å². The van der Waals surface area contributed by atoms with E-state index in [1.54, 1.807) is 0 Å². The Hall–Kier alpha value is -1.36. The van der Waals surface area contributed by atoms with Crippen molar-refractivity contribution >= 4 is 46.4 Å². The quantitative estimate of drug-likeness (QED) is 0.657. The number of pyridine rings is 1. The van der Waals surface area contributed by atoms with Crippen LogP contribution in [0.1, 0.15) is 10.4 Å². The molecule has 0 bridgehead atoms. The van der Waals surface area contributed by atoms with Gasteiger partial charge in [-0.3, -0.25) is 4.79 Å². The van der Waals surface area contributed by atoms with Crippen LogP contribution in [0.25, 0.3) is 0 Å². The lowest BCUT2D eigenvalue weighted by Crippen LogP contribution is -2.12. The van der Waals surface area contributed by atoms with E-state index in [2.05, 4.69) is 10.3 Å². The maximum Gasteiger partial charge on any atom is 0.257 e. The minimum atomic E-state index is -0.663. The molecule has 1 heterocycles. The summed E-state index contributed by atoms with van der Waals surface area (Å²) in [5, 5.41) is 3.33. The minimum Gasteiger partial charge on any atom is -0.321 e. The second-order valence-corrected chi connectivity index (χ2v) is 4.79. The Bertz CT molecular complexity index is 632. The highest BCUT2D eigenvalue weighted by Crippen LogP contribution is 2.32. The molecule has 2 aromatic rings. The molecule has 7 heteroatoms. The molecule has 0 radical (unpaired) electrons. The molecular weight excluding hydrogens is 314 g/mol. The number of carbonyl (C=O) groups is 1. The van der Waals surface area contributed by atoms with E-state index in [1.165, 1.54) is 18.2 Å². The molecule has 0 fully saturated rings. The fourth-order valence-electron chi connectivity index (χ4n) is 1.32. The average molecular weight is 320 g/mol. The van der Waals surface area contributed by atoms with Gasteiger partial charge in [0, 0.05) is 6.20 Å². The molecule has 0 unspecified atom stereocenters. The molecule has 1 amide bonds. The Morgan fingerprint density at radius 1 is 1.11 bits per heavy atom. The number of anilines is 1. The lowest BCUT2D eigenvalue weighted by Gasteiger charge is -2.08. The van der Waals surface area contributed by atoms with Gasteiger partial charge in [0.2, 0.25) is 5.95 Å². The van der Waals surface area contributed by atoms with Gasteiger partial charge in [-0.1, -0.05) is 34.8 Å². The Kier molecular flexibility index (Phi) is 4.24. The predicted molar refractivity (Wildman–Crippen MR) is 73.6 cm³/mol. The van der Waals surface area contributed by atoms with Gasteiger partial charge in [-0.05, 0) is 24.3 Å². The van der Waals surface area contributed by atoms with Crippen molar-refractivity contribution < 1.29 is 9.18 Å². The van der Waals surface area contributed by atoms with Gasteiger partial charge in [0.05, 0.1) is 26.3 Å². The van der Waals surface area contributed by atoms with Crippen molar-refractivity contribution in [3.63, 3.8) is 0 Å². The molecule has 0 saturated heterocycles. The van der Waals surface area contributed by atoms with E-state index in [-0.39, 0.29) is 20.6 Å². The van der Waals surface area contributed by atoms with Gasteiger partial charge in [-0.25, -0.2) is 4.98 Å². The molecule has 19 heavy (non-hydrogen) atoms. The van der Waals surface area contributed by atoms with Crippen LogP contribution in [-0.4, -0.2) is 10.9 Å². The van der Waals surface area contributed by atoms with Gasteiger partial charge < -0.3 is 5.32 Å². The maximum atomic E-state index is 12.6. The normalized spacial score (nSPS) is 10.3. The van der Waals surface area contributed by atoms with Crippen LogP contribution in [0.3, 0.4) is 0 Å². The summed E-state index contributed by atoms with van der Waals surface area (Å²) in [6.45, 7) is 0. The van der Waals surface area contributed by atoms with Gasteiger partial charge in [-0.15, -0.1) is 0 Å². The minimum absolute atomic E-state index is 0.198. The lowest BCUT2D eigenvalue weighted by atomic mass is 10.2. The van der Waals surface area contributed by atoms with Crippen LogP contribution in [0.5, 0.6) is 0 Å². The summed E-state index contributed by atoms with van der Waals surface area (Å²) in [6, 6.07) is 5.25. The monoisotopic (exact) mass is 318 g/mol. The number of carbonyl (C=O) groups excluding carboxylic acids is 1. The van der Waals surface area contributed by atoms with Gasteiger partial charge in [0.1, 0.15) is 0 Å². The van der Waals surface area contributed by atoms with Crippen LogP contribution < -0.4 is 5.32 Å². The topological polar surface area (TPSA) is 42.0 Å². The van der Waals surface area contributed by atoms with Crippen molar-refractivity contribution in [3.05, 3.63) is 57.0 Å². The highest BCUT2D eigenvalue weighted by molar-refractivity contribution is 6.44. The molecule has 0 aliphatic carbocycles. The van der Waals surface area contributed by atoms with Gasteiger partial charge in [0.25, 0.3) is 5.91 Å². The summed E-state index contributed by atoms with van der Waals surface area (Å²) >= 11 is 17.5. The zero-order chi connectivity index (χ0) is 14.0. The van der Waals surface area contributed by atoms with Crippen molar-refractivity contribution in [2.24, 2.45) is 0 Å². The SMILES string of the molecule is O=C(Nc1cc(Cl)c(Cl)cc1Cl)c1ccc(F)nc1. The smallest absolute Gasteiger partial charge is 0.257 e. The van der Waals surface area contributed by atoms with Crippen molar-refractivity contribution in [1.82, 2.24) is 4.98 Å². The maximum absolute atomic E-state index is 12.6. The molecule has 0 aliphatic heterocycles. The third-order valence-electron chi connectivity index (χ3n) is 2.25. The lowest BCUT2D eigenvalue weighted by molar-refractivity contribution is 0.102. The Balaban J connectivity index is 2.24. The summed E-state index contributed by atoms with van der Waals surface area (Å²) < 4.78 is 12.6. The van der Waals surface area contributed by atoms with E-state index in [0.29, 0.717) is 5.69 Å². The third kappa shape index (κ3) is 3.35. The Morgan fingerprint density at radius 2 is 1.79 bits per heavy atom. The van der Waals surface area contributed by atoms with Crippen LogP contribution in [-0.2, 0) is 0 Å². The number of rotatable bonds is 2. The van der Waals surface area contributed by atoms with Gasteiger partial charge >= 0.3 is 0 Å². The molecule has 1 aromatic carbocycles. The number of nitrogens with one attached hydrogen (secondary N) is 1. The second kappa shape index (κ2) is 5.74. The number of amides is 1. The molecule has 2 rings (SSSR count). The van der Waals surface area contributed by atoms with Gasteiger partial charge in [-0.2, -0.15) is 4.39 Å². The average Bonchev–Trinajstić information content (AvgIpc) is 2.36. The molecule has 3 nitrogen and oxygen atoms in total. The molecule has 0 spiro atoms. The first kappa shape index (κ1) is 14.1. The van der Waals surface area contributed by atoms with E-state index in [9.17, 15) is 9.18 Å². The second-order valence-electron chi connectivity index (χ2n) is 3.57. The number of hydrogen-bond donors (Lipinski definition) is 1. The van der Waals surface area contributed by atoms with E-state index in [0.717, 1.165) is 12.3 Å². The molecule has 0 aliphatic rings. The summed E-state index contributed by atoms with van der Waals surface area (Å²) in [7, 11) is 0. The summed E-state index contributed by atoms with van der Waals surface area (Å²) in [6.07, 6.45) is 1.12.